The molecule has 0 saturated carbocycles. The Morgan fingerprint density at radius 3 is 1.80 bits per heavy atom. The number of alkyl halides is 5. The van der Waals surface area contributed by atoms with Crippen molar-refractivity contribution in [3.8, 4) is 28.7 Å². The number of aryl methyl sites for hydroxylation is 1. The van der Waals surface area contributed by atoms with Gasteiger partial charge in [0.05, 0.1) is 5.56 Å². The number of ether oxygens (including phenoxy) is 1. The van der Waals surface area contributed by atoms with E-state index in [1.807, 2.05) is 6.92 Å². The Kier molecular flexibility index (Phi) is 9.80. The summed E-state index contributed by atoms with van der Waals surface area (Å²) in [6.07, 6.45) is -6.83. The zero-order valence-electron chi connectivity index (χ0n) is 23.2. The highest BCUT2D eigenvalue weighted by molar-refractivity contribution is 5.66. The van der Waals surface area contributed by atoms with Gasteiger partial charge in [0.2, 0.25) is 0 Å². The van der Waals surface area contributed by atoms with Gasteiger partial charge in [0.15, 0.2) is 0 Å². The molecule has 0 bridgehead atoms. The average molecular weight is 643 g/mol. The Morgan fingerprint density at radius 1 is 0.622 bits per heavy atom. The van der Waals surface area contributed by atoms with Crippen molar-refractivity contribution in [2.75, 3.05) is 0 Å². The van der Waals surface area contributed by atoms with Crippen molar-refractivity contribution in [2.24, 2.45) is 0 Å². The summed E-state index contributed by atoms with van der Waals surface area (Å²) in [6.45, 7) is 2.05. The van der Waals surface area contributed by atoms with Gasteiger partial charge in [0, 0.05) is 23.3 Å². The van der Waals surface area contributed by atoms with E-state index in [0.29, 0.717) is 18.6 Å². The first-order valence-electron chi connectivity index (χ1n) is 13.3. The van der Waals surface area contributed by atoms with Gasteiger partial charge in [0.25, 0.3) is 0 Å². The van der Waals surface area contributed by atoms with E-state index in [2.05, 4.69) is 16.6 Å². The van der Waals surface area contributed by atoms with Crippen molar-refractivity contribution in [3.63, 3.8) is 0 Å². The molecule has 0 N–H and O–H groups in total. The van der Waals surface area contributed by atoms with E-state index in [9.17, 15) is 48.3 Å². The third-order valence-corrected chi connectivity index (χ3v) is 6.60. The number of benzene rings is 4. The zero-order chi connectivity index (χ0) is 33.1. The topological polar surface area (TPSA) is 9.23 Å². The molecular formula is C33H21F11O. The lowest BCUT2D eigenvalue weighted by atomic mass is 10.00. The monoisotopic (exact) mass is 642 g/mol. The minimum absolute atomic E-state index is 0.0587. The molecule has 0 spiro atoms. The molecule has 0 unspecified atom stereocenters. The largest absolute Gasteiger partial charge is 0.432 e. The van der Waals surface area contributed by atoms with E-state index >= 15 is 0 Å². The van der Waals surface area contributed by atoms with Gasteiger partial charge < -0.3 is 4.74 Å². The zero-order valence-corrected chi connectivity index (χ0v) is 23.2. The highest BCUT2D eigenvalue weighted by atomic mass is 19.4. The molecule has 236 valence electrons. The van der Waals surface area contributed by atoms with E-state index < -0.39 is 75.2 Å². The molecular weight excluding hydrogens is 621 g/mol. The Hall–Kier alpha value is -4.53. The van der Waals surface area contributed by atoms with Crippen molar-refractivity contribution in [3.05, 3.63) is 123 Å². The summed E-state index contributed by atoms with van der Waals surface area (Å²) in [4.78, 5) is 0. The fourth-order valence-corrected chi connectivity index (χ4v) is 4.45. The van der Waals surface area contributed by atoms with Crippen LogP contribution in [0.15, 0.2) is 60.7 Å². The van der Waals surface area contributed by atoms with E-state index in [1.54, 1.807) is 6.07 Å². The van der Waals surface area contributed by atoms with Crippen LogP contribution in [0.5, 0.6) is 5.75 Å². The number of hydrogen-bond acceptors (Lipinski definition) is 1. The molecule has 0 aliphatic heterocycles. The van der Waals surface area contributed by atoms with Crippen molar-refractivity contribution in [1.82, 2.24) is 0 Å². The van der Waals surface area contributed by atoms with Gasteiger partial charge in [-0.1, -0.05) is 43.7 Å². The van der Waals surface area contributed by atoms with Gasteiger partial charge in [-0.05, 0) is 60.4 Å². The third kappa shape index (κ3) is 7.77. The molecule has 1 nitrogen and oxygen atoms in total. The standard InChI is InChI=1S/C33H21F11O/c1-2-3-4-5-18-6-9-20(24(34)12-18)10-7-19-8-11-23(25(35)13-19)21-14-26(36)31(27(37)15-21)33(43,44)45-22-16-28(38)30(29(39)17-22)32(40,41)42/h6,8-9,11-17H,2-5H2,1H3. The summed E-state index contributed by atoms with van der Waals surface area (Å²) in [5.74, 6) is -6.46. The molecule has 0 saturated heterocycles. The lowest BCUT2D eigenvalue weighted by Crippen LogP contribution is -2.25. The van der Waals surface area contributed by atoms with Crippen LogP contribution in [-0.4, -0.2) is 0 Å². The van der Waals surface area contributed by atoms with E-state index in [0.717, 1.165) is 37.0 Å². The molecule has 0 aliphatic carbocycles. The fourth-order valence-electron chi connectivity index (χ4n) is 4.45. The van der Waals surface area contributed by atoms with E-state index in [4.69, 9.17) is 0 Å². The quantitative estimate of drug-likeness (QED) is 0.106. The number of halogens is 11. The lowest BCUT2D eigenvalue weighted by molar-refractivity contribution is -0.189. The predicted molar refractivity (Wildman–Crippen MR) is 143 cm³/mol. The summed E-state index contributed by atoms with van der Waals surface area (Å²) in [6, 6.07) is 8.01. The Morgan fingerprint density at radius 2 is 1.24 bits per heavy atom. The second kappa shape index (κ2) is 13.2. The Balaban J connectivity index is 1.56. The van der Waals surface area contributed by atoms with Crippen LogP contribution >= 0.6 is 0 Å². The summed E-state index contributed by atoms with van der Waals surface area (Å²) in [5.41, 5.74) is -4.45. The van der Waals surface area contributed by atoms with Crippen LogP contribution in [0.2, 0.25) is 0 Å². The predicted octanol–water partition coefficient (Wildman–Crippen LogP) is 10.5. The smallest absolute Gasteiger partial charge is 0.429 e. The molecule has 4 rings (SSSR count). The van der Waals surface area contributed by atoms with Crippen LogP contribution in [0, 0.1) is 46.7 Å². The van der Waals surface area contributed by atoms with Crippen molar-refractivity contribution in [1.29, 1.82) is 0 Å². The molecule has 4 aromatic rings. The number of unbranched alkanes of at least 4 members (excludes halogenated alkanes) is 2. The molecule has 0 radical (unpaired) electrons. The van der Waals surface area contributed by atoms with Crippen LogP contribution in [0.3, 0.4) is 0 Å². The highest BCUT2D eigenvalue weighted by Crippen LogP contribution is 2.40. The van der Waals surface area contributed by atoms with Gasteiger partial charge >= 0.3 is 12.3 Å². The molecule has 0 amide bonds. The highest BCUT2D eigenvalue weighted by Gasteiger charge is 2.43. The number of hydrogen-bond donors (Lipinski definition) is 0. The Labute approximate surface area is 250 Å². The molecule has 0 heterocycles. The first-order valence-corrected chi connectivity index (χ1v) is 13.3. The van der Waals surface area contributed by atoms with E-state index in [1.165, 1.54) is 18.2 Å². The minimum atomic E-state index is -5.50. The normalized spacial score (nSPS) is 11.7. The maximum absolute atomic E-state index is 14.9. The van der Waals surface area contributed by atoms with Crippen molar-refractivity contribution < 1.29 is 53.0 Å². The summed E-state index contributed by atoms with van der Waals surface area (Å²) < 4.78 is 158. The minimum Gasteiger partial charge on any atom is -0.429 e. The van der Waals surface area contributed by atoms with Crippen LogP contribution in [0.25, 0.3) is 11.1 Å². The summed E-state index contributed by atoms with van der Waals surface area (Å²) in [5, 5.41) is 0. The van der Waals surface area contributed by atoms with Crippen LogP contribution in [0.4, 0.5) is 48.3 Å². The first-order chi connectivity index (χ1) is 21.1. The average Bonchev–Trinajstić information content (AvgIpc) is 2.90. The second-order valence-electron chi connectivity index (χ2n) is 9.91. The van der Waals surface area contributed by atoms with Crippen molar-refractivity contribution in [2.45, 2.75) is 44.9 Å². The van der Waals surface area contributed by atoms with Gasteiger partial charge in [0.1, 0.15) is 51.8 Å². The lowest BCUT2D eigenvalue weighted by Gasteiger charge is -2.21. The van der Waals surface area contributed by atoms with Crippen molar-refractivity contribution >= 4 is 0 Å². The van der Waals surface area contributed by atoms with Gasteiger partial charge in [-0.25, -0.2) is 26.3 Å². The molecule has 45 heavy (non-hydrogen) atoms. The molecule has 0 aromatic heterocycles. The maximum Gasteiger partial charge on any atom is 0.432 e. The van der Waals surface area contributed by atoms with Gasteiger partial charge in [-0.2, -0.15) is 22.0 Å². The second-order valence-corrected chi connectivity index (χ2v) is 9.91. The number of rotatable bonds is 8. The SMILES string of the molecule is CCCCCc1ccc(C#Cc2ccc(-c3cc(F)c(C(F)(F)Oc4cc(F)c(C(F)(F)F)c(F)c4)c(F)c3)c(F)c2)c(F)c1. The molecule has 12 heteroatoms. The molecule has 0 fully saturated rings. The summed E-state index contributed by atoms with van der Waals surface area (Å²) in [7, 11) is 0. The van der Waals surface area contributed by atoms with Crippen LogP contribution < -0.4 is 4.74 Å². The molecule has 4 aromatic carbocycles. The van der Waals surface area contributed by atoms with Gasteiger partial charge in [-0.3, -0.25) is 0 Å². The molecule has 0 atom stereocenters. The Bertz CT molecular complexity index is 1740. The van der Waals surface area contributed by atoms with E-state index in [-0.39, 0.29) is 23.3 Å². The molecule has 0 aliphatic rings. The third-order valence-electron chi connectivity index (χ3n) is 6.60. The fraction of sp³-hybridized carbons (Fsp3) is 0.212. The maximum atomic E-state index is 14.9. The van der Waals surface area contributed by atoms with Crippen LogP contribution in [-0.2, 0) is 18.7 Å². The summed E-state index contributed by atoms with van der Waals surface area (Å²) >= 11 is 0. The van der Waals surface area contributed by atoms with Gasteiger partial charge in [-0.15, -0.1) is 0 Å². The van der Waals surface area contributed by atoms with Crippen LogP contribution in [0.1, 0.15) is 54.0 Å². The first kappa shape index (κ1) is 33.4.